The number of hydrogen-bond donors (Lipinski definition) is 1. The number of ether oxygens (including phenoxy) is 1. The fourth-order valence-electron chi connectivity index (χ4n) is 3.54. The molecule has 0 radical (unpaired) electrons. The first kappa shape index (κ1) is 15.0. The van der Waals surface area contributed by atoms with E-state index >= 15 is 0 Å². The van der Waals surface area contributed by atoms with Crippen molar-refractivity contribution < 1.29 is 9.84 Å². The zero-order valence-corrected chi connectivity index (χ0v) is 13.6. The first-order valence-corrected chi connectivity index (χ1v) is 8.40. The third-order valence-electron chi connectivity index (χ3n) is 4.70. The maximum Gasteiger partial charge on any atom is 0.124 e. The number of fused-ring (bicyclic) bond motifs is 1. The maximum absolute atomic E-state index is 9.70. The maximum atomic E-state index is 9.70. The number of nitrogens with zero attached hydrogens (tertiary/aromatic N) is 1. The van der Waals surface area contributed by atoms with Crippen LogP contribution >= 0.6 is 0 Å². The standard InChI is InChI=1S/C21H21NO2/c23-15-16-12-18(17-6-2-1-3-7-17)14-22(13-16)20-10-11-24-21-9-5-4-8-19(20)21/h1-9,12-13,20,23H,10-11,14-15H2/t20-/m0/s1. The lowest BCUT2D eigenvalue weighted by Crippen LogP contribution is -2.32. The summed E-state index contributed by atoms with van der Waals surface area (Å²) in [5.41, 5.74) is 4.63. The average molecular weight is 319 g/mol. The van der Waals surface area contributed by atoms with Gasteiger partial charge in [-0.2, -0.15) is 0 Å². The molecule has 0 saturated heterocycles. The molecule has 2 aliphatic rings. The van der Waals surface area contributed by atoms with Gasteiger partial charge in [0, 0.05) is 24.7 Å². The second-order valence-electron chi connectivity index (χ2n) is 6.26. The van der Waals surface area contributed by atoms with Crippen LogP contribution in [0, 0.1) is 0 Å². The molecule has 0 unspecified atom stereocenters. The topological polar surface area (TPSA) is 32.7 Å². The van der Waals surface area contributed by atoms with E-state index in [0.29, 0.717) is 0 Å². The van der Waals surface area contributed by atoms with Gasteiger partial charge in [0.05, 0.1) is 19.3 Å². The summed E-state index contributed by atoms with van der Waals surface area (Å²) in [5, 5.41) is 9.70. The van der Waals surface area contributed by atoms with Crippen LogP contribution in [0.1, 0.15) is 23.6 Å². The largest absolute Gasteiger partial charge is 0.493 e. The van der Waals surface area contributed by atoms with Gasteiger partial charge in [-0.1, -0.05) is 48.5 Å². The quantitative estimate of drug-likeness (QED) is 0.934. The van der Waals surface area contributed by atoms with Crippen LogP contribution in [-0.4, -0.2) is 29.8 Å². The molecule has 122 valence electrons. The Balaban J connectivity index is 1.68. The highest BCUT2D eigenvalue weighted by molar-refractivity contribution is 5.71. The van der Waals surface area contributed by atoms with E-state index in [9.17, 15) is 5.11 Å². The Kier molecular flexibility index (Phi) is 4.09. The summed E-state index contributed by atoms with van der Waals surface area (Å²) >= 11 is 0. The first-order valence-electron chi connectivity index (χ1n) is 8.40. The molecular weight excluding hydrogens is 298 g/mol. The lowest BCUT2D eigenvalue weighted by molar-refractivity contribution is 0.192. The van der Waals surface area contributed by atoms with Crippen molar-refractivity contribution in [1.82, 2.24) is 4.90 Å². The van der Waals surface area contributed by atoms with Gasteiger partial charge in [0.25, 0.3) is 0 Å². The molecule has 1 atom stereocenters. The average Bonchev–Trinajstić information content (AvgIpc) is 2.68. The summed E-state index contributed by atoms with van der Waals surface area (Å²) in [6, 6.07) is 18.9. The monoisotopic (exact) mass is 319 g/mol. The fraction of sp³-hybridized carbons (Fsp3) is 0.238. The minimum absolute atomic E-state index is 0.0533. The van der Waals surface area contributed by atoms with Gasteiger partial charge in [-0.3, -0.25) is 0 Å². The molecule has 0 saturated carbocycles. The Morgan fingerprint density at radius 1 is 1.04 bits per heavy atom. The van der Waals surface area contributed by atoms with E-state index in [1.165, 1.54) is 16.7 Å². The molecule has 2 aromatic carbocycles. The first-order chi connectivity index (χ1) is 11.8. The molecule has 3 heteroatoms. The molecule has 2 aromatic rings. The summed E-state index contributed by atoms with van der Waals surface area (Å²) in [5.74, 6) is 0.975. The van der Waals surface area contributed by atoms with Gasteiger partial charge in [0.1, 0.15) is 5.75 Å². The minimum atomic E-state index is 0.0533. The SMILES string of the molecule is OCC1=CN([C@H]2CCOc3ccccc32)CC(c2ccccc2)=C1. The van der Waals surface area contributed by atoms with Gasteiger partial charge in [-0.05, 0) is 28.9 Å². The summed E-state index contributed by atoms with van der Waals surface area (Å²) in [6.07, 6.45) is 5.16. The molecule has 24 heavy (non-hydrogen) atoms. The van der Waals surface area contributed by atoms with E-state index in [-0.39, 0.29) is 12.6 Å². The second-order valence-corrected chi connectivity index (χ2v) is 6.26. The summed E-state index contributed by atoms with van der Waals surface area (Å²) < 4.78 is 5.80. The molecule has 4 rings (SSSR count). The van der Waals surface area contributed by atoms with E-state index < -0.39 is 0 Å². The second kappa shape index (κ2) is 6.54. The summed E-state index contributed by atoms with van der Waals surface area (Å²) in [6.45, 7) is 1.62. The predicted octanol–water partition coefficient (Wildman–Crippen LogP) is 3.79. The van der Waals surface area contributed by atoms with Crippen molar-refractivity contribution in [1.29, 1.82) is 0 Å². The molecule has 0 bridgehead atoms. The van der Waals surface area contributed by atoms with Crippen molar-refractivity contribution in [3.05, 3.63) is 83.6 Å². The zero-order chi connectivity index (χ0) is 16.4. The van der Waals surface area contributed by atoms with Crippen LogP contribution < -0.4 is 4.74 Å². The normalized spacial score (nSPS) is 19.9. The number of aliphatic hydroxyl groups excluding tert-OH is 1. The lowest BCUT2D eigenvalue weighted by Gasteiger charge is -2.37. The molecule has 0 aliphatic carbocycles. The summed E-state index contributed by atoms with van der Waals surface area (Å²) in [7, 11) is 0. The Hall–Kier alpha value is -2.52. The molecule has 0 amide bonds. The van der Waals surface area contributed by atoms with Gasteiger partial charge >= 0.3 is 0 Å². The Bertz CT molecular complexity index is 779. The Morgan fingerprint density at radius 2 is 1.83 bits per heavy atom. The lowest BCUT2D eigenvalue weighted by atomic mass is 9.94. The van der Waals surface area contributed by atoms with Crippen LogP contribution in [0.15, 0.2) is 72.4 Å². The van der Waals surface area contributed by atoms with E-state index in [1.807, 2.05) is 18.2 Å². The molecule has 3 nitrogen and oxygen atoms in total. The molecule has 0 fully saturated rings. The van der Waals surface area contributed by atoms with Crippen LogP contribution in [0.3, 0.4) is 0 Å². The smallest absolute Gasteiger partial charge is 0.124 e. The van der Waals surface area contributed by atoms with Gasteiger partial charge in [-0.15, -0.1) is 0 Å². The molecule has 0 spiro atoms. The minimum Gasteiger partial charge on any atom is -0.493 e. The highest BCUT2D eigenvalue weighted by Crippen LogP contribution is 2.38. The molecule has 2 aliphatic heterocycles. The van der Waals surface area contributed by atoms with Crippen molar-refractivity contribution in [3.8, 4) is 5.75 Å². The van der Waals surface area contributed by atoms with Gasteiger partial charge in [0.2, 0.25) is 0 Å². The molecular formula is C21H21NO2. The van der Waals surface area contributed by atoms with Gasteiger partial charge in [0.15, 0.2) is 0 Å². The van der Waals surface area contributed by atoms with E-state index in [4.69, 9.17) is 4.74 Å². The van der Waals surface area contributed by atoms with Crippen LogP contribution in [0.5, 0.6) is 5.75 Å². The Morgan fingerprint density at radius 3 is 2.67 bits per heavy atom. The third-order valence-corrected chi connectivity index (χ3v) is 4.70. The predicted molar refractivity (Wildman–Crippen MR) is 95.6 cm³/mol. The molecule has 1 N–H and O–H groups in total. The Labute approximate surface area is 142 Å². The van der Waals surface area contributed by atoms with Crippen molar-refractivity contribution in [2.45, 2.75) is 12.5 Å². The third kappa shape index (κ3) is 2.83. The fourth-order valence-corrected chi connectivity index (χ4v) is 3.54. The number of aliphatic hydroxyl groups is 1. The molecule has 2 heterocycles. The van der Waals surface area contributed by atoms with Gasteiger partial charge < -0.3 is 14.7 Å². The van der Waals surface area contributed by atoms with Gasteiger partial charge in [-0.25, -0.2) is 0 Å². The van der Waals surface area contributed by atoms with Crippen LogP contribution in [0.2, 0.25) is 0 Å². The summed E-state index contributed by atoms with van der Waals surface area (Å²) in [4.78, 5) is 2.34. The van der Waals surface area contributed by atoms with Crippen molar-refractivity contribution in [3.63, 3.8) is 0 Å². The number of para-hydroxylation sites is 1. The number of rotatable bonds is 3. The van der Waals surface area contributed by atoms with Crippen molar-refractivity contribution in [2.24, 2.45) is 0 Å². The van der Waals surface area contributed by atoms with Crippen LogP contribution in [-0.2, 0) is 0 Å². The number of benzene rings is 2. The van der Waals surface area contributed by atoms with Crippen molar-refractivity contribution >= 4 is 5.57 Å². The van der Waals surface area contributed by atoms with E-state index in [1.54, 1.807) is 0 Å². The van der Waals surface area contributed by atoms with Crippen LogP contribution in [0.25, 0.3) is 5.57 Å². The van der Waals surface area contributed by atoms with Crippen LogP contribution in [0.4, 0.5) is 0 Å². The highest BCUT2D eigenvalue weighted by atomic mass is 16.5. The molecule has 0 aromatic heterocycles. The zero-order valence-electron chi connectivity index (χ0n) is 13.6. The van der Waals surface area contributed by atoms with Crippen molar-refractivity contribution in [2.75, 3.05) is 19.8 Å². The highest BCUT2D eigenvalue weighted by Gasteiger charge is 2.27. The van der Waals surface area contributed by atoms with E-state index in [0.717, 1.165) is 30.9 Å². The van der Waals surface area contributed by atoms with E-state index in [2.05, 4.69) is 53.6 Å². The number of hydrogen-bond acceptors (Lipinski definition) is 3.